The zero-order chi connectivity index (χ0) is 25.9. The lowest BCUT2D eigenvalue weighted by Gasteiger charge is -2.52. The quantitative estimate of drug-likeness (QED) is 0.337. The lowest BCUT2D eigenvalue weighted by atomic mass is 9.95. The number of carbonyl (C=O) groups excluding carboxylic acids is 3. The van der Waals surface area contributed by atoms with Gasteiger partial charge < -0.3 is 20.1 Å². The molecule has 2 N–H and O–H groups in total. The molecule has 2 aliphatic rings. The van der Waals surface area contributed by atoms with Gasteiger partial charge in [-0.2, -0.15) is 0 Å². The van der Waals surface area contributed by atoms with Crippen LogP contribution >= 0.6 is 23.1 Å². The molecule has 0 radical (unpaired) electrons. The van der Waals surface area contributed by atoms with Crippen LogP contribution in [0, 0.1) is 0 Å². The maximum absolute atomic E-state index is 13.7. The summed E-state index contributed by atoms with van der Waals surface area (Å²) in [5, 5.41) is 16.9. The minimum absolute atomic E-state index is 0.0783. The first-order chi connectivity index (χ1) is 17.9. The summed E-state index contributed by atoms with van der Waals surface area (Å²) >= 11 is 2.66. The third-order valence-electron chi connectivity index (χ3n) is 6.27. The van der Waals surface area contributed by atoms with Crippen LogP contribution in [-0.4, -0.2) is 56.3 Å². The highest BCUT2D eigenvalue weighted by molar-refractivity contribution is 8.03. The Balaban J connectivity index is 1.37. The molecular formula is C27H25N3O5S2. The topological polar surface area (TPSA) is 109 Å². The number of aliphatic hydroxyl groups is 1. The number of hydrogen-bond donors (Lipinski definition) is 2. The van der Waals surface area contributed by atoms with Gasteiger partial charge in [-0.3, -0.25) is 9.59 Å². The second-order valence-electron chi connectivity index (χ2n) is 8.75. The molecule has 1 aromatic heterocycles. The van der Waals surface area contributed by atoms with E-state index in [0.29, 0.717) is 10.6 Å². The first-order valence-corrected chi connectivity index (χ1v) is 13.6. The van der Waals surface area contributed by atoms with E-state index in [1.165, 1.54) is 28.0 Å². The Morgan fingerprint density at radius 2 is 1.76 bits per heavy atom. The van der Waals surface area contributed by atoms with Crippen LogP contribution in [-0.2, 0) is 25.5 Å². The number of fused-ring (bicyclic) bond motifs is 1. The van der Waals surface area contributed by atoms with Gasteiger partial charge in [0.25, 0.3) is 0 Å². The number of aliphatic hydroxyl groups excluding tert-OH is 1. The Morgan fingerprint density at radius 3 is 2.32 bits per heavy atom. The van der Waals surface area contributed by atoms with Crippen molar-refractivity contribution in [3.05, 3.63) is 99.4 Å². The highest BCUT2D eigenvalue weighted by Gasteiger charge is 2.56. The molecule has 0 aliphatic carbocycles. The molecule has 1 saturated heterocycles. The van der Waals surface area contributed by atoms with Gasteiger partial charge in [-0.15, -0.1) is 23.1 Å². The summed E-state index contributed by atoms with van der Waals surface area (Å²) < 4.78 is 6.04. The van der Waals surface area contributed by atoms with E-state index in [1.54, 1.807) is 23.9 Å². The lowest BCUT2D eigenvalue weighted by Crippen LogP contribution is -2.74. The largest absolute Gasteiger partial charge is 0.451 e. The third-order valence-corrected chi connectivity index (χ3v) is 8.24. The number of hydrogen-bond acceptors (Lipinski definition) is 8. The Kier molecular flexibility index (Phi) is 7.40. The maximum atomic E-state index is 13.7. The third kappa shape index (κ3) is 5.18. The van der Waals surface area contributed by atoms with E-state index in [9.17, 15) is 19.5 Å². The normalized spacial score (nSPS) is 21.5. The number of rotatable bonds is 8. The van der Waals surface area contributed by atoms with Crippen LogP contribution < -0.4 is 5.32 Å². The van der Waals surface area contributed by atoms with Crippen LogP contribution in [0.2, 0.25) is 0 Å². The maximum Gasteiger partial charge on any atom is 0.334 e. The summed E-state index contributed by atoms with van der Waals surface area (Å²) in [6, 6.07) is 16.8. The zero-order valence-corrected chi connectivity index (χ0v) is 21.5. The molecule has 0 bridgehead atoms. The highest BCUT2D eigenvalue weighted by Crippen LogP contribution is 2.42. The fourth-order valence-electron chi connectivity index (χ4n) is 4.45. The van der Waals surface area contributed by atoms with Gasteiger partial charge in [-0.05, 0) is 29.0 Å². The molecule has 3 aromatic rings. The number of amides is 2. The second kappa shape index (κ2) is 10.9. The lowest BCUT2D eigenvalue weighted by molar-refractivity contribution is -0.166. The standard InChI is InChI=1S/C27H25N3O5S2/c1-16(31)19-15-37-26-22(29-20(32)14-21-28-12-13-36-21)25(33)30(26)23(19)27(34)35-24(17-8-4-2-5-9-17)18-10-6-3-7-11-18/h2-13,15-16,22-24,26,31H,14H2,1H3,(H,29,32)/t16?,22?,23?,26-/m0/s1. The highest BCUT2D eigenvalue weighted by atomic mass is 32.2. The minimum Gasteiger partial charge on any atom is -0.451 e. The fourth-order valence-corrected chi connectivity index (χ4v) is 6.39. The number of β-lactam (4-membered cyclic amide) rings is 1. The van der Waals surface area contributed by atoms with Crippen LogP contribution in [0.25, 0.3) is 0 Å². The van der Waals surface area contributed by atoms with E-state index in [-0.39, 0.29) is 12.3 Å². The van der Waals surface area contributed by atoms with Gasteiger partial charge in [0.15, 0.2) is 12.1 Å². The number of nitrogens with one attached hydrogen (secondary N) is 1. The first kappa shape index (κ1) is 25.2. The number of ether oxygens (including phenoxy) is 1. The molecule has 3 unspecified atom stereocenters. The molecule has 8 nitrogen and oxygen atoms in total. The van der Waals surface area contributed by atoms with Crippen molar-refractivity contribution in [2.75, 3.05) is 0 Å². The smallest absolute Gasteiger partial charge is 0.334 e. The van der Waals surface area contributed by atoms with Crippen LogP contribution in [0.3, 0.4) is 0 Å². The van der Waals surface area contributed by atoms with E-state index >= 15 is 0 Å². The SMILES string of the molecule is CC(O)C1=CS[C@H]2C(NC(=O)Cc3nccs3)C(=O)N2C1C(=O)OC(c1ccccc1)c1ccccc1. The van der Waals surface area contributed by atoms with Crippen LogP contribution in [0.15, 0.2) is 83.2 Å². The molecule has 2 amide bonds. The minimum atomic E-state index is -1.10. The molecule has 2 aliphatic heterocycles. The monoisotopic (exact) mass is 535 g/mol. The van der Waals surface area contributed by atoms with Gasteiger partial charge in [-0.1, -0.05) is 60.7 Å². The summed E-state index contributed by atoms with van der Waals surface area (Å²) in [6.07, 6.45) is 0.0409. The van der Waals surface area contributed by atoms with E-state index < -0.39 is 41.5 Å². The summed E-state index contributed by atoms with van der Waals surface area (Å²) in [4.78, 5) is 44.9. The number of esters is 1. The van der Waals surface area contributed by atoms with Crippen molar-refractivity contribution >= 4 is 40.9 Å². The van der Waals surface area contributed by atoms with Crippen molar-refractivity contribution in [1.82, 2.24) is 15.2 Å². The fraction of sp³-hybridized carbons (Fsp3) is 0.259. The molecule has 2 aromatic carbocycles. The summed E-state index contributed by atoms with van der Waals surface area (Å²) in [6.45, 7) is 1.55. The Morgan fingerprint density at radius 1 is 1.11 bits per heavy atom. The van der Waals surface area contributed by atoms with Crippen LogP contribution in [0.4, 0.5) is 0 Å². The van der Waals surface area contributed by atoms with Gasteiger partial charge >= 0.3 is 5.97 Å². The van der Waals surface area contributed by atoms with E-state index in [1.807, 2.05) is 60.7 Å². The van der Waals surface area contributed by atoms with Crippen molar-refractivity contribution in [2.45, 2.75) is 43.0 Å². The number of aromatic nitrogens is 1. The number of thiazole rings is 1. The van der Waals surface area contributed by atoms with Crippen molar-refractivity contribution in [3.8, 4) is 0 Å². The molecule has 37 heavy (non-hydrogen) atoms. The number of benzene rings is 2. The van der Waals surface area contributed by atoms with Gasteiger partial charge in [0, 0.05) is 11.6 Å². The number of carbonyl (C=O) groups is 3. The molecule has 3 heterocycles. The number of nitrogens with zero attached hydrogens (tertiary/aromatic N) is 2. The van der Waals surface area contributed by atoms with Crippen LogP contribution in [0.1, 0.15) is 29.2 Å². The van der Waals surface area contributed by atoms with E-state index in [2.05, 4.69) is 10.3 Å². The summed E-state index contributed by atoms with van der Waals surface area (Å²) in [5.74, 6) is -1.35. The zero-order valence-electron chi connectivity index (χ0n) is 19.9. The Hall–Kier alpha value is -3.47. The molecule has 10 heteroatoms. The average Bonchev–Trinajstić information content (AvgIpc) is 3.43. The molecule has 1 fully saturated rings. The predicted molar refractivity (Wildman–Crippen MR) is 140 cm³/mol. The summed E-state index contributed by atoms with van der Waals surface area (Å²) in [5.41, 5.74) is 1.95. The van der Waals surface area contributed by atoms with E-state index in [0.717, 1.165) is 11.1 Å². The number of thioether (sulfide) groups is 1. The molecule has 0 spiro atoms. The van der Waals surface area contributed by atoms with E-state index in [4.69, 9.17) is 4.74 Å². The molecule has 4 atom stereocenters. The Bertz CT molecular complexity index is 1260. The molecule has 0 saturated carbocycles. The molecule has 190 valence electrons. The van der Waals surface area contributed by atoms with Crippen molar-refractivity contribution in [2.24, 2.45) is 0 Å². The van der Waals surface area contributed by atoms with Crippen LogP contribution in [0.5, 0.6) is 0 Å². The van der Waals surface area contributed by atoms with Gasteiger partial charge in [0.1, 0.15) is 16.4 Å². The van der Waals surface area contributed by atoms with Crippen molar-refractivity contribution < 1.29 is 24.2 Å². The Labute approximate surface area is 222 Å². The van der Waals surface area contributed by atoms with Crippen molar-refractivity contribution in [3.63, 3.8) is 0 Å². The average molecular weight is 536 g/mol. The van der Waals surface area contributed by atoms with Gasteiger partial charge in [-0.25, -0.2) is 9.78 Å². The summed E-state index contributed by atoms with van der Waals surface area (Å²) in [7, 11) is 0. The molecular weight excluding hydrogens is 510 g/mol. The molecule has 5 rings (SSSR count). The van der Waals surface area contributed by atoms with Gasteiger partial charge in [0.05, 0.1) is 12.5 Å². The van der Waals surface area contributed by atoms with Gasteiger partial charge in [0.2, 0.25) is 11.8 Å². The second-order valence-corrected chi connectivity index (χ2v) is 10.7. The first-order valence-electron chi connectivity index (χ1n) is 11.8. The van der Waals surface area contributed by atoms with Crippen molar-refractivity contribution in [1.29, 1.82) is 0 Å². The predicted octanol–water partition coefficient (Wildman–Crippen LogP) is 3.05.